The van der Waals surface area contributed by atoms with Crippen LogP contribution in [0.4, 0.5) is 10.1 Å². The van der Waals surface area contributed by atoms with E-state index in [1.807, 2.05) is 18.2 Å². The van der Waals surface area contributed by atoms with E-state index in [9.17, 15) is 14.0 Å². The summed E-state index contributed by atoms with van der Waals surface area (Å²) in [6.07, 6.45) is 1.44. The monoisotopic (exact) mass is 560 g/mol. The topological polar surface area (TPSA) is 58.6 Å². The van der Waals surface area contributed by atoms with Crippen LogP contribution in [0, 0.1) is 5.82 Å². The molecule has 2 amide bonds. The Morgan fingerprint density at radius 1 is 0.944 bits per heavy atom. The molecule has 0 unspecified atom stereocenters. The highest BCUT2D eigenvalue weighted by Crippen LogP contribution is 2.29. The molecule has 8 heteroatoms. The summed E-state index contributed by atoms with van der Waals surface area (Å²) < 4.78 is 21.0. The number of rotatable bonds is 5. The largest absolute Gasteiger partial charge is 0.488 e. The van der Waals surface area contributed by atoms with Gasteiger partial charge in [0.25, 0.3) is 11.8 Å². The molecule has 36 heavy (non-hydrogen) atoms. The van der Waals surface area contributed by atoms with Crippen molar-refractivity contribution in [1.82, 2.24) is 5.32 Å². The molecular formula is C28H18BrFN2O3S. The zero-order valence-corrected chi connectivity index (χ0v) is 21.1. The summed E-state index contributed by atoms with van der Waals surface area (Å²) in [5.41, 5.74) is 1.42. The van der Waals surface area contributed by atoms with Crippen LogP contribution in [-0.2, 0) is 16.2 Å². The number of fused-ring (bicyclic) bond motifs is 1. The number of anilines is 1. The molecular weight excluding hydrogens is 543 g/mol. The molecule has 0 atom stereocenters. The van der Waals surface area contributed by atoms with Crippen LogP contribution in [0.15, 0.2) is 95.0 Å². The maximum atomic E-state index is 14.3. The van der Waals surface area contributed by atoms with Crippen molar-refractivity contribution in [3.05, 3.63) is 112 Å². The van der Waals surface area contributed by atoms with E-state index in [0.29, 0.717) is 22.4 Å². The summed E-state index contributed by atoms with van der Waals surface area (Å²) in [5, 5.41) is 4.58. The van der Waals surface area contributed by atoms with Crippen LogP contribution in [0.5, 0.6) is 5.75 Å². The molecule has 178 valence electrons. The summed E-state index contributed by atoms with van der Waals surface area (Å²) >= 11 is 8.63. The molecule has 4 aromatic carbocycles. The normalized spacial score (nSPS) is 14.9. The van der Waals surface area contributed by atoms with Crippen LogP contribution in [0.1, 0.15) is 11.1 Å². The lowest BCUT2D eigenvalue weighted by atomic mass is 10.1. The molecule has 0 radical (unpaired) electrons. The van der Waals surface area contributed by atoms with Gasteiger partial charge in [0.2, 0.25) is 0 Å². The van der Waals surface area contributed by atoms with Crippen molar-refractivity contribution < 1.29 is 18.7 Å². The van der Waals surface area contributed by atoms with Crippen LogP contribution in [0.3, 0.4) is 0 Å². The number of para-hydroxylation sites is 1. The minimum absolute atomic E-state index is 0.0305. The van der Waals surface area contributed by atoms with Crippen molar-refractivity contribution in [2.45, 2.75) is 6.61 Å². The predicted molar refractivity (Wildman–Crippen MR) is 145 cm³/mol. The minimum atomic E-state index is -0.707. The molecule has 0 spiro atoms. The second-order valence-corrected chi connectivity index (χ2v) is 9.31. The maximum absolute atomic E-state index is 14.3. The summed E-state index contributed by atoms with van der Waals surface area (Å²) in [6.45, 7) is 0.375. The van der Waals surface area contributed by atoms with Gasteiger partial charge in [-0.15, -0.1) is 0 Å². The van der Waals surface area contributed by atoms with Crippen molar-refractivity contribution in [2.75, 3.05) is 4.90 Å². The fourth-order valence-electron chi connectivity index (χ4n) is 3.89. The molecule has 1 aliphatic rings. The van der Waals surface area contributed by atoms with E-state index < -0.39 is 17.6 Å². The van der Waals surface area contributed by atoms with E-state index in [1.54, 1.807) is 24.3 Å². The van der Waals surface area contributed by atoms with Crippen molar-refractivity contribution in [2.24, 2.45) is 0 Å². The molecule has 0 aliphatic carbocycles. The Labute approximate surface area is 220 Å². The Hall–Kier alpha value is -3.88. The first kappa shape index (κ1) is 23.8. The number of carbonyl (C=O) groups is 2. The first-order chi connectivity index (χ1) is 17.4. The van der Waals surface area contributed by atoms with Gasteiger partial charge in [0.15, 0.2) is 5.11 Å². The fraction of sp³-hybridized carbons (Fsp3) is 0.0357. The summed E-state index contributed by atoms with van der Waals surface area (Å²) in [5.74, 6) is -1.37. The molecule has 1 heterocycles. The van der Waals surface area contributed by atoms with Crippen molar-refractivity contribution in [3.8, 4) is 5.75 Å². The van der Waals surface area contributed by atoms with Crippen molar-refractivity contribution in [1.29, 1.82) is 0 Å². The van der Waals surface area contributed by atoms with Crippen LogP contribution in [-0.4, -0.2) is 16.9 Å². The first-order valence-electron chi connectivity index (χ1n) is 11.0. The first-order valence-corrected chi connectivity index (χ1v) is 12.2. The second kappa shape index (κ2) is 10.0. The number of hydrogen-bond donors (Lipinski definition) is 1. The SMILES string of the molecule is O=C1NC(=S)N(c2ccccc2F)C(=O)/C1=C/c1ccc(OCc2ccc3ccccc3c2)c(Br)c1. The van der Waals surface area contributed by atoms with Crippen molar-refractivity contribution in [3.63, 3.8) is 0 Å². The van der Waals surface area contributed by atoms with Gasteiger partial charge in [0.1, 0.15) is 23.7 Å². The molecule has 1 aliphatic heterocycles. The van der Waals surface area contributed by atoms with Gasteiger partial charge in [-0.2, -0.15) is 0 Å². The average molecular weight is 561 g/mol. The predicted octanol–water partition coefficient (Wildman–Crippen LogP) is 6.15. The van der Waals surface area contributed by atoms with Gasteiger partial charge in [-0.25, -0.2) is 9.29 Å². The molecule has 1 N–H and O–H groups in total. The van der Waals surface area contributed by atoms with Crippen LogP contribution < -0.4 is 15.0 Å². The number of nitrogens with one attached hydrogen (secondary N) is 1. The third kappa shape index (κ3) is 4.78. The van der Waals surface area contributed by atoms with Gasteiger partial charge in [-0.05, 0) is 86.5 Å². The third-order valence-corrected chi connectivity index (χ3v) is 6.57. The zero-order valence-electron chi connectivity index (χ0n) is 18.7. The number of halogens is 2. The lowest BCUT2D eigenvalue weighted by Crippen LogP contribution is -2.54. The van der Waals surface area contributed by atoms with Gasteiger partial charge < -0.3 is 4.74 Å². The summed E-state index contributed by atoms with van der Waals surface area (Å²) in [7, 11) is 0. The number of benzene rings is 4. The minimum Gasteiger partial charge on any atom is -0.488 e. The number of hydrogen-bond acceptors (Lipinski definition) is 4. The Kier molecular flexibility index (Phi) is 6.63. The average Bonchev–Trinajstić information content (AvgIpc) is 2.87. The highest BCUT2D eigenvalue weighted by Gasteiger charge is 2.35. The maximum Gasteiger partial charge on any atom is 0.270 e. The second-order valence-electron chi connectivity index (χ2n) is 8.07. The molecule has 1 saturated heterocycles. The third-order valence-electron chi connectivity index (χ3n) is 5.67. The lowest BCUT2D eigenvalue weighted by molar-refractivity contribution is -0.122. The molecule has 0 bridgehead atoms. The van der Waals surface area contributed by atoms with Crippen LogP contribution in [0.2, 0.25) is 0 Å². The Balaban J connectivity index is 1.36. The van der Waals surface area contributed by atoms with Crippen LogP contribution >= 0.6 is 28.1 Å². The summed E-state index contributed by atoms with van der Waals surface area (Å²) in [4.78, 5) is 26.6. The standard InChI is InChI=1S/C28H18BrFN2O3S/c29-22-15-17(10-12-25(22)35-16-18-9-11-19-5-1-2-6-20(19)13-18)14-21-26(33)31-28(36)32(27(21)34)24-8-4-3-7-23(24)30/h1-15H,16H2,(H,31,33,36)/b21-14+. The van der Waals surface area contributed by atoms with E-state index in [0.717, 1.165) is 21.2 Å². The summed E-state index contributed by atoms with van der Waals surface area (Å²) in [6, 6.07) is 25.2. The smallest absolute Gasteiger partial charge is 0.270 e. The van der Waals surface area contributed by atoms with E-state index in [1.165, 1.54) is 24.3 Å². The molecule has 5 nitrogen and oxygen atoms in total. The molecule has 5 rings (SSSR count). The molecule has 0 aromatic heterocycles. The highest BCUT2D eigenvalue weighted by molar-refractivity contribution is 9.10. The number of amides is 2. The number of carbonyl (C=O) groups excluding carboxylic acids is 2. The van der Waals surface area contributed by atoms with Gasteiger partial charge in [0.05, 0.1) is 10.2 Å². The zero-order chi connectivity index (χ0) is 25.2. The van der Waals surface area contributed by atoms with E-state index >= 15 is 0 Å². The molecule has 4 aromatic rings. The quantitative estimate of drug-likeness (QED) is 0.180. The van der Waals surface area contributed by atoms with E-state index in [-0.39, 0.29) is 16.4 Å². The molecule has 1 fully saturated rings. The molecule has 0 saturated carbocycles. The number of ether oxygens (including phenoxy) is 1. The Bertz CT molecular complexity index is 1570. The van der Waals surface area contributed by atoms with Crippen molar-refractivity contribution >= 4 is 67.6 Å². The highest BCUT2D eigenvalue weighted by atomic mass is 79.9. The van der Waals surface area contributed by atoms with E-state index in [2.05, 4.69) is 45.5 Å². The lowest BCUT2D eigenvalue weighted by Gasteiger charge is -2.29. The van der Waals surface area contributed by atoms with Gasteiger partial charge in [-0.1, -0.05) is 54.6 Å². The fourth-order valence-corrected chi connectivity index (χ4v) is 4.67. The van der Waals surface area contributed by atoms with Crippen LogP contribution in [0.25, 0.3) is 16.8 Å². The van der Waals surface area contributed by atoms with Gasteiger partial charge in [0, 0.05) is 0 Å². The van der Waals surface area contributed by atoms with Gasteiger partial charge >= 0.3 is 0 Å². The Morgan fingerprint density at radius 2 is 1.69 bits per heavy atom. The van der Waals surface area contributed by atoms with Gasteiger partial charge in [-0.3, -0.25) is 14.9 Å². The Morgan fingerprint density at radius 3 is 2.47 bits per heavy atom. The number of thiocarbonyl (C=S) groups is 1. The number of nitrogens with zero attached hydrogens (tertiary/aromatic N) is 1. The van der Waals surface area contributed by atoms with E-state index in [4.69, 9.17) is 17.0 Å².